The van der Waals surface area contributed by atoms with Gasteiger partial charge < -0.3 is 28.4 Å². The summed E-state index contributed by atoms with van der Waals surface area (Å²) in [5.41, 5.74) is 1.48. The molecule has 0 aromatic carbocycles. The van der Waals surface area contributed by atoms with Gasteiger partial charge in [-0.15, -0.1) is 8.57 Å². The number of urea groups is 2. The first-order valence-electron chi connectivity index (χ1n) is 16.5. The summed E-state index contributed by atoms with van der Waals surface area (Å²) in [7, 11) is -7.36. The number of hydroxylamine groups is 4. The summed E-state index contributed by atoms with van der Waals surface area (Å²) < 4.78 is 52.4. The number of ether oxygens (including phenoxy) is 2. The van der Waals surface area contributed by atoms with E-state index in [1.807, 2.05) is 9.13 Å². The Hall–Kier alpha value is -3.34. The average molecular weight is 735 g/mol. The Morgan fingerprint density at radius 1 is 0.714 bits per heavy atom. The third kappa shape index (κ3) is 8.35. The lowest BCUT2D eigenvalue weighted by atomic mass is 10.1. The number of hydrogen-bond donors (Lipinski definition) is 0. The number of hydrogen-bond acceptors (Lipinski definition) is 10. The molecule has 0 N–H and O–H groups in total. The van der Waals surface area contributed by atoms with Gasteiger partial charge >= 0.3 is 22.5 Å². The zero-order chi connectivity index (χ0) is 35.1. The molecule has 49 heavy (non-hydrogen) atoms. The van der Waals surface area contributed by atoms with Crippen LogP contribution in [-0.4, -0.2) is 127 Å². The maximum absolute atomic E-state index is 13.2. The lowest BCUT2D eigenvalue weighted by Gasteiger charge is -2.23. The van der Waals surface area contributed by atoms with Crippen molar-refractivity contribution < 1.29 is 36.0 Å². The average Bonchev–Trinajstić information content (AvgIpc) is 3.78. The van der Waals surface area contributed by atoms with Crippen LogP contribution in [0.5, 0.6) is 0 Å². The number of rotatable bonds is 16. The molecule has 2 unspecified atom stereocenters. The predicted molar refractivity (Wildman–Crippen MR) is 185 cm³/mol. The minimum absolute atomic E-state index is 0.219. The van der Waals surface area contributed by atoms with Gasteiger partial charge in [0.25, 0.3) is 0 Å². The van der Waals surface area contributed by atoms with E-state index in [9.17, 15) is 18.0 Å². The molecule has 4 aliphatic rings. The molecular weight excluding hydrogens is 689 g/mol. The van der Waals surface area contributed by atoms with Crippen LogP contribution in [0, 0.1) is 0 Å². The van der Waals surface area contributed by atoms with E-state index in [4.69, 9.17) is 18.0 Å². The van der Waals surface area contributed by atoms with Gasteiger partial charge in [-0.1, -0.05) is 39.3 Å². The SMILES string of the molecule is C[Si](C)(C)CCOCn1ccnc1C1=CC2CN(C1)C(=O)N2OS(=O)(=O)ON1C(=O)N2CC(c3nccn3COCC[Si](C)(C)C)=CC1C2. The lowest BCUT2D eigenvalue weighted by molar-refractivity contribution is -0.0723. The van der Waals surface area contributed by atoms with Crippen LogP contribution in [0.2, 0.25) is 51.4 Å². The van der Waals surface area contributed by atoms with Crippen molar-refractivity contribution in [1.29, 1.82) is 0 Å². The van der Waals surface area contributed by atoms with Crippen molar-refractivity contribution in [2.45, 2.75) is 76.9 Å². The molecule has 6 heterocycles. The van der Waals surface area contributed by atoms with Gasteiger partial charge in [-0.3, -0.25) is 0 Å². The number of nitrogens with zero attached hydrogens (tertiary/aromatic N) is 8. The van der Waals surface area contributed by atoms with Crippen molar-refractivity contribution in [3.05, 3.63) is 48.6 Å². The quantitative estimate of drug-likeness (QED) is 0.185. The van der Waals surface area contributed by atoms with Crippen molar-refractivity contribution in [1.82, 2.24) is 39.0 Å². The van der Waals surface area contributed by atoms with Crippen LogP contribution in [0.3, 0.4) is 0 Å². The number of carbonyl (C=O) groups excluding carboxylic acids is 2. The summed E-state index contributed by atoms with van der Waals surface area (Å²) in [4.78, 5) is 38.3. The second kappa shape index (κ2) is 13.8. The Kier molecular flexibility index (Phi) is 9.97. The van der Waals surface area contributed by atoms with Gasteiger partial charge in [-0.25, -0.2) is 19.6 Å². The van der Waals surface area contributed by atoms with E-state index in [-0.39, 0.29) is 26.2 Å². The minimum atomic E-state index is -4.88. The fourth-order valence-corrected chi connectivity index (χ4v) is 8.25. The Bertz CT molecular complexity index is 1610. The van der Waals surface area contributed by atoms with Crippen LogP contribution >= 0.6 is 0 Å². The predicted octanol–water partition coefficient (Wildman–Crippen LogP) is 3.52. The van der Waals surface area contributed by atoms with Crippen LogP contribution in [0.25, 0.3) is 11.1 Å². The Morgan fingerprint density at radius 2 is 1.12 bits per heavy atom. The van der Waals surface area contributed by atoms with Crippen LogP contribution in [0.1, 0.15) is 11.6 Å². The van der Waals surface area contributed by atoms with Gasteiger partial charge in [0.05, 0.1) is 25.2 Å². The molecule has 4 bridgehead atoms. The summed E-state index contributed by atoms with van der Waals surface area (Å²) in [6.45, 7) is 16.5. The molecule has 2 aromatic rings. The number of fused-ring (bicyclic) bond motifs is 4. The molecule has 2 saturated heterocycles. The highest BCUT2D eigenvalue weighted by Gasteiger charge is 2.48. The maximum Gasteiger partial charge on any atom is 0.442 e. The third-order valence-electron chi connectivity index (χ3n) is 8.65. The maximum atomic E-state index is 13.2. The van der Waals surface area contributed by atoms with Gasteiger partial charge in [0.15, 0.2) is 0 Å². The molecule has 4 amide bonds. The first kappa shape index (κ1) is 35.5. The minimum Gasteiger partial charge on any atom is -0.361 e. The van der Waals surface area contributed by atoms with Gasteiger partial charge in [-0.05, 0) is 24.2 Å². The summed E-state index contributed by atoms with van der Waals surface area (Å²) >= 11 is 0. The molecule has 16 nitrogen and oxygen atoms in total. The number of aromatic nitrogens is 4. The van der Waals surface area contributed by atoms with E-state index in [2.05, 4.69) is 49.3 Å². The molecule has 2 aromatic heterocycles. The van der Waals surface area contributed by atoms with E-state index in [0.717, 1.165) is 33.4 Å². The third-order valence-corrected chi connectivity index (χ3v) is 12.7. The zero-order valence-corrected chi connectivity index (χ0v) is 31.8. The van der Waals surface area contributed by atoms with Crippen molar-refractivity contribution in [3.8, 4) is 0 Å². The number of carbonyl (C=O) groups is 2. The highest BCUT2D eigenvalue weighted by atomic mass is 32.3. The summed E-state index contributed by atoms with van der Waals surface area (Å²) in [6, 6.07) is -0.641. The highest BCUT2D eigenvalue weighted by molar-refractivity contribution is 7.81. The van der Waals surface area contributed by atoms with Gasteiger partial charge in [-0.2, -0.15) is 18.5 Å². The Balaban J connectivity index is 1.09. The fourth-order valence-electron chi connectivity index (χ4n) is 5.96. The lowest BCUT2D eigenvalue weighted by Crippen LogP contribution is -2.40. The first-order valence-corrected chi connectivity index (χ1v) is 25.2. The smallest absolute Gasteiger partial charge is 0.361 e. The molecule has 6 rings (SSSR count). The topological polar surface area (TPSA) is 154 Å². The van der Waals surface area contributed by atoms with Crippen LogP contribution in [0.15, 0.2) is 36.9 Å². The van der Waals surface area contributed by atoms with Crippen molar-refractivity contribution in [3.63, 3.8) is 0 Å². The van der Waals surface area contributed by atoms with Crippen molar-refractivity contribution >= 4 is 49.8 Å². The molecule has 2 atom stereocenters. The van der Waals surface area contributed by atoms with E-state index >= 15 is 0 Å². The summed E-state index contributed by atoms with van der Waals surface area (Å²) in [5, 5.41) is 1.54. The number of amides is 4. The second-order valence-corrected chi connectivity index (χ2v) is 27.5. The Labute approximate surface area is 289 Å². The van der Waals surface area contributed by atoms with Crippen LogP contribution in [0.4, 0.5) is 9.59 Å². The van der Waals surface area contributed by atoms with Crippen molar-refractivity contribution in [2.24, 2.45) is 0 Å². The molecule has 19 heteroatoms. The highest BCUT2D eigenvalue weighted by Crippen LogP contribution is 2.33. The van der Waals surface area contributed by atoms with E-state index < -0.39 is 50.7 Å². The van der Waals surface area contributed by atoms with Crippen molar-refractivity contribution in [2.75, 3.05) is 39.4 Å². The molecule has 0 radical (unpaired) electrons. The van der Waals surface area contributed by atoms with E-state index in [0.29, 0.717) is 38.3 Å². The zero-order valence-electron chi connectivity index (χ0n) is 28.9. The second-order valence-electron chi connectivity index (χ2n) is 15.2. The molecule has 2 fully saturated rings. The van der Waals surface area contributed by atoms with Gasteiger partial charge in [0.2, 0.25) is 0 Å². The van der Waals surface area contributed by atoms with Crippen LogP contribution < -0.4 is 0 Å². The molecule has 4 aliphatic heterocycles. The van der Waals surface area contributed by atoms with Crippen LogP contribution in [-0.2, 0) is 41.9 Å². The fraction of sp³-hybridized carbons (Fsp3) is 0.600. The first-order chi connectivity index (χ1) is 23.1. The summed E-state index contributed by atoms with van der Waals surface area (Å²) in [6.07, 6.45) is 10.5. The van der Waals surface area contributed by atoms with E-state index in [1.54, 1.807) is 36.9 Å². The molecule has 0 aliphatic carbocycles. The monoisotopic (exact) mass is 734 g/mol. The van der Waals surface area contributed by atoms with E-state index in [1.165, 1.54) is 9.80 Å². The number of imidazole rings is 2. The van der Waals surface area contributed by atoms with Gasteiger partial charge in [0.1, 0.15) is 25.1 Å². The summed E-state index contributed by atoms with van der Waals surface area (Å²) in [5.74, 6) is 1.25. The largest absolute Gasteiger partial charge is 0.442 e. The standard InChI is InChI=1S/C30H46N8O8SSi2/c1-48(2,3)13-11-43-21-33-9-7-31-27(33)23-15-25-19-35(17-23)29(39)37(25)45-47(41,42)46-38-26-16-24(18-36(20-26)30(38)40)28-32-8-10-34(28)22-44-12-14-49(4,5)6/h7-10,15-16,25-26H,11-14,17-22H2,1-6H3. The molecular formula is C30H46N8O8SSi2. The molecule has 0 spiro atoms. The van der Waals surface area contributed by atoms with Gasteiger partial charge in [0, 0.05) is 78.4 Å². The molecule has 268 valence electrons. The Morgan fingerprint density at radius 3 is 1.51 bits per heavy atom. The normalized spacial score (nSPS) is 21.3. The molecule has 0 saturated carbocycles.